The lowest BCUT2D eigenvalue weighted by atomic mass is 9.86. The van der Waals surface area contributed by atoms with Gasteiger partial charge in [-0.15, -0.1) is 0 Å². The minimum atomic E-state index is -0.617. The molecule has 0 radical (unpaired) electrons. The monoisotopic (exact) mass is 428 g/mol. The Morgan fingerprint density at radius 1 is 0.594 bits per heavy atom. The fraction of sp³-hybridized carbons (Fsp3) is 0.0909. The van der Waals surface area contributed by atoms with Crippen molar-refractivity contribution < 1.29 is 28.2 Å². The molecule has 4 heterocycles. The first-order chi connectivity index (χ1) is 15.4. The molecule has 4 amide bonds. The quantitative estimate of drug-likeness (QED) is 0.446. The van der Waals surface area contributed by atoms with Gasteiger partial charge in [-0.05, 0) is 38.1 Å². The Morgan fingerprint density at radius 3 is 1.16 bits per heavy atom. The maximum Gasteiger partial charge on any atom is 0.267 e. The maximum atomic E-state index is 13.2. The van der Waals surface area contributed by atoms with Crippen molar-refractivity contribution in [3.63, 3.8) is 0 Å². The molecular formula is C22H12N4O6. The van der Waals surface area contributed by atoms with Crippen LogP contribution in [0.25, 0.3) is 10.8 Å². The second-order valence-electron chi connectivity index (χ2n) is 7.55. The molecule has 0 N–H and O–H groups in total. The van der Waals surface area contributed by atoms with Gasteiger partial charge in [0, 0.05) is 45.2 Å². The highest BCUT2D eigenvalue weighted by atomic mass is 16.5. The second kappa shape index (κ2) is 5.97. The highest BCUT2D eigenvalue weighted by Crippen LogP contribution is 2.39. The van der Waals surface area contributed by atoms with Crippen molar-refractivity contribution in [2.45, 2.75) is 13.8 Å². The number of aromatic nitrogens is 2. The van der Waals surface area contributed by atoms with E-state index in [-0.39, 0.29) is 44.7 Å². The first-order valence-corrected chi connectivity index (χ1v) is 9.60. The smallest absolute Gasteiger partial charge is 0.267 e. The molecule has 0 saturated carbocycles. The Labute approximate surface area is 179 Å². The van der Waals surface area contributed by atoms with Gasteiger partial charge in [0.15, 0.2) is 11.6 Å². The summed E-state index contributed by atoms with van der Waals surface area (Å²) in [6.07, 6.45) is 0. The lowest BCUT2D eigenvalue weighted by molar-refractivity contribution is 0.0870. The average Bonchev–Trinajstić information content (AvgIpc) is 3.39. The molecule has 10 heteroatoms. The number of imide groups is 2. The summed E-state index contributed by atoms with van der Waals surface area (Å²) in [7, 11) is 0. The zero-order valence-electron chi connectivity index (χ0n) is 16.7. The van der Waals surface area contributed by atoms with Gasteiger partial charge in [0.1, 0.15) is 11.5 Å². The molecule has 156 valence electrons. The van der Waals surface area contributed by atoms with E-state index in [0.717, 1.165) is 9.80 Å². The number of amides is 4. The summed E-state index contributed by atoms with van der Waals surface area (Å²) in [5.74, 6) is -1.45. The highest BCUT2D eigenvalue weighted by Gasteiger charge is 2.41. The number of hydrogen-bond donors (Lipinski definition) is 0. The topological polar surface area (TPSA) is 127 Å². The molecule has 0 spiro atoms. The van der Waals surface area contributed by atoms with Crippen LogP contribution in [0.1, 0.15) is 53.0 Å². The Kier molecular flexibility index (Phi) is 3.40. The second-order valence-corrected chi connectivity index (χ2v) is 7.55. The highest BCUT2D eigenvalue weighted by molar-refractivity contribution is 6.41. The molecule has 0 saturated heterocycles. The molecule has 0 bridgehead atoms. The van der Waals surface area contributed by atoms with Gasteiger partial charge in [-0.2, -0.15) is 0 Å². The number of aryl methyl sites for hydroxylation is 2. The zero-order valence-corrected chi connectivity index (χ0v) is 16.7. The third kappa shape index (κ3) is 2.17. The molecule has 0 fully saturated rings. The molecule has 2 aromatic heterocycles. The van der Waals surface area contributed by atoms with Crippen LogP contribution in [-0.4, -0.2) is 33.9 Å². The summed E-state index contributed by atoms with van der Waals surface area (Å²) in [6, 6.07) is 8.85. The van der Waals surface area contributed by atoms with Crippen LogP contribution in [0.2, 0.25) is 0 Å². The largest absolute Gasteiger partial charge is 0.360 e. The molecular weight excluding hydrogens is 416 g/mol. The van der Waals surface area contributed by atoms with Gasteiger partial charge in [0.2, 0.25) is 0 Å². The van der Waals surface area contributed by atoms with Crippen molar-refractivity contribution >= 4 is 46.0 Å². The van der Waals surface area contributed by atoms with Gasteiger partial charge in [-0.25, -0.2) is 9.80 Å². The van der Waals surface area contributed by atoms with Crippen molar-refractivity contribution in [3.8, 4) is 0 Å². The molecule has 32 heavy (non-hydrogen) atoms. The number of carbonyl (C=O) groups is 4. The SMILES string of the molecule is Cc1cc(N2C(=O)c3ccc4c5c(ccc(c35)C2=O)C(=O)N(c2cc(C)on2)C4=O)no1. The third-order valence-corrected chi connectivity index (χ3v) is 5.58. The Morgan fingerprint density at radius 2 is 0.906 bits per heavy atom. The molecule has 10 nitrogen and oxygen atoms in total. The van der Waals surface area contributed by atoms with Crippen molar-refractivity contribution in [3.05, 3.63) is 70.2 Å². The minimum Gasteiger partial charge on any atom is -0.360 e. The van der Waals surface area contributed by atoms with Gasteiger partial charge < -0.3 is 9.05 Å². The van der Waals surface area contributed by atoms with Crippen molar-refractivity contribution in [1.29, 1.82) is 0 Å². The Bertz CT molecular complexity index is 1360. The van der Waals surface area contributed by atoms with Gasteiger partial charge in [0.05, 0.1) is 0 Å². The first kappa shape index (κ1) is 18.2. The zero-order chi connectivity index (χ0) is 22.3. The van der Waals surface area contributed by atoms with Crippen molar-refractivity contribution in [1.82, 2.24) is 10.3 Å². The Hall–Kier alpha value is -4.60. The van der Waals surface area contributed by atoms with Crippen LogP contribution in [0.5, 0.6) is 0 Å². The lowest BCUT2D eigenvalue weighted by Gasteiger charge is -2.30. The molecule has 2 aromatic carbocycles. The number of anilines is 2. The van der Waals surface area contributed by atoms with Crippen LogP contribution in [0.15, 0.2) is 45.4 Å². The number of rotatable bonds is 2. The molecule has 2 aliphatic rings. The first-order valence-electron chi connectivity index (χ1n) is 9.60. The molecule has 6 rings (SSSR count). The predicted molar refractivity (Wildman–Crippen MR) is 109 cm³/mol. The van der Waals surface area contributed by atoms with E-state index in [1.807, 2.05) is 0 Å². The van der Waals surface area contributed by atoms with E-state index in [0.29, 0.717) is 11.5 Å². The summed E-state index contributed by atoms with van der Waals surface area (Å²) in [5, 5.41) is 8.11. The normalized spacial score (nSPS) is 15.3. The summed E-state index contributed by atoms with van der Waals surface area (Å²) >= 11 is 0. The number of carbonyl (C=O) groups excluding carboxylic acids is 4. The van der Waals surface area contributed by atoms with Crippen LogP contribution in [0.3, 0.4) is 0 Å². The molecule has 4 aromatic rings. The van der Waals surface area contributed by atoms with E-state index in [4.69, 9.17) is 9.05 Å². The van der Waals surface area contributed by atoms with Crippen LogP contribution in [-0.2, 0) is 0 Å². The standard InChI is InChI=1S/C22H12N4O6/c1-9-7-15(23-31-9)25-19(27)11-3-5-13-18-14(6-4-12(17(11)18)20(25)28)22(30)26(21(13)29)16-8-10(2)32-24-16/h3-8H,1-2H3. The van der Waals surface area contributed by atoms with Crippen molar-refractivity contribution in [2.24, 2.45) is 0 Å². The van der Waals surface area contributed by atoms with Crippen molar-refractivity contribution in [2.75, 3.05) is 9.80 Å². The number of hydrogen-bond acceptors (Lipinski definition) is 8. The van der Waals surface area contributed by atoms with E-state index in [1.165, 1.54) is 36.4 Å². The van der Waals surface area contributed by atoms with E-state index in [9.17, 15) is 19.2 Å². The van der Waals surface area contributed by atoms with Crippen LogP contribution < -0.4 is 9.80 Å². The predicted octanol–water partition coefficient (Wildman–Crippen LogP) is 3.03. The molecule has 0 unspecified atom stereocenters. The third-order valence-electron chi connectivity index (χ3n) is 5.58. The van der Waals surface area contributed by atoms with E-state index in [1.54, 1.807) is 13.8 Å². The fourth-order valence-electron chi connectivity index (χ4n) is 4.21. The van der Waals surface area contributed by atoms with Crippen LogP contribution >= 0.6 is 0 Å². The van der Waals surface area contributed by atoms with E-state index in [2.05, 4.69) is 10.3 Å². The van der Waals surface area contributed by atoms with Gasteiger partial charge >= 0.3 is 0 Å². The summed E-state index contributed by atoms with van der Waals surface area (Å²) in [4.78, 5) is 54.7. The average molecular weight is 428 g/mol. The van der Waals surface area contributed by atoms with Crippen LogP contribution in [0, 0.1) is 13.8 Å². The molecule has 2 aliphatic heterocycles. The molecule has 0 aliphatic carbocycles. The van der Waals surface area contributed by atoms with Gasteiger partial charge in [0.25, 0.3) is 23.6 Å². The summed E-state index contributed by atoms with van der Waals surface area (Å²) in [6.45, 7) is 3.29. The van der Waals surface area contributed by atoms with E-state index < -0.39 is 23.6 Å². The fourth-order valence-corrected chi connectivity index (χ4v) is 4.21. The summed E-state index contributed by atoms with van der Waals surface area (Å²) in [5.41, 5.74) is 0.749. The summed E-state index contributed by atoms with van der Waals surface area (Å²) < 4.78 is 10.0. The Balaban J connectivity index is 1.59. The lowest BCUT2D eigenvalue weighted by Crippen LogP contribution is -2.43. The minimum absolute atomic E-state index is 0.0660. The van der Waals surface area contributed by atoms with Gasteiger partial charge in [-0.1, -0.05) is 10.3 Å². The number of benzene rings is 2. The number of nitrogens with zero attached hydrogens (tertiary/aromatic N) is 4. The molecule has 0 atom stereocenters. The maximum absolute atomic E-state index is 13.2. The van der Waals surface area contributed by atoms with E-state index >= 15 is 0 Å². The van der Waals surface area contributed by atoms with Gasteiger partial charge in [-0.3, -0.25) is 19.2 Å². The van der Waals surface area contributed by atoms with Crippen LogP contribution in [0.4, 0.5) is 11.6 Å².